The summed E-state index contributed by atoms with van der Waals surface area (Å²) in [7, 11) is 1.81. The van der Waals surface area contributed by atoms with Crippen LogP contribution < -0.4 is 0 Å². The zero-order valence-electron chi connectivity index (χ0n) is 11.9. The molecule has 1 spiro atoms. The quantitative estimate of drug-likeness (QED) is 0.834. The van der Waals surface area contributed by atoms with Gasteiger partial charge < -0.3 is 9.47 Å². The number of nitrogens with zero attached hydrogens (tertiary/aromatic N) is 1. The van der Waals surface area contributed by atoms with Gasteiger partial charge in [-0.2, -0.15) is 0 Å². The summed E-state index contributed by atoms with van der Waals surface area (Å²) >= 11 is 0. The molecule has 0 bridgehead atoms. The molecule has 1 aromatic carbocycles. The van der Waals surface area contributed by atoms with Crippen molar-refractivity contribution in [3.8, 4) is 0 Å². The standard InChI is InChI=1S/C16H23NO2/c1-13-3-5-14(6-4-13)10-17-11-16(12-17)9-15(18-2)7-8-19-16/h3-6,15H,7-12H2,1-2H3. The summed E-state index contributed by atoms with van der Waals surface area (Å²) in [5.74, 6) is 0. The van der Waals surface area contributed by atoms with E-state index in [4.69, 9.17) is 9.47 Å². The van der Waals surface area contributed by atoms with E-state index in [1.807, 2.05) is 7.11 Å². The Hall–Kier alpha value is -0.900. The first-order valence-corrected chi connectivity index (χ1v) is 7.14. The van der Waals surface area contributed by atoms with E-state index in [1.54, 1.807) is 0 Å². The van der Waals surface area contributed by atoms with Crippen molar-refractivity contribution in [1.29, 1.82) is 0 Å². The van der Waals surface area contributed by atoms with E-state index in [1.165, 1.54) is 11.1 Å². The number of ether oxygens (including phenoxy) is 2. The Morgan fingerprint density at radius 1 is 1.32 bits per heavy atom. The van der Waals surface area contributed by atoms with E-state index in [0.29, 0.717) is 6.10 Å². The molecule has 0 N–H and O–H groups in total. The zero-order valence-corrected chi connectivity index (χ0v) is 11.9. The topological polar surface area (TPSA) is 21.7 Å². The summed E-state index contributed by atoms with van der Waals surface area (Å²) in [4.78, 5) is 2.46. The maximum atomic E-state index is 6.00. The van der Waals surface area contributed by atoms with Crippen molar-refractivity contribution >= 4 is 0 Å². The fraction of sp³-hybridized carbons (Fsp3) is 0.625. The molecule has 0 radical (unpaired) electrons. The van der Waals surface area contributed by atoms with Gasteiger partial charge in [0.2, 0.25) is 0 Å². The summed E-state index contributed by atoms with van der Waals surface area (Å²) < 4.78 is 11.5. The van der Waals surface area contributed by atoms with Gasteiger partial charge in [-0.3, -0.25) is 4.90 Å². The highest BCUT2D eigenvalue weighted by Gasteiger charge is 2.47. The predicted octanol–water partition coefficient (Wildman–Crippen LogP) is 2.37. The van der Waals surface area contributed by atoms with E-state index in [-0.39, 0.29) is 5.60 Å². The summed E-state index contributed by atoms with van der Waals surface area (Å²) in [5.41, 5.74) is 2.78. The number of hydrogen-bond donors (Lipinski definition) is 0. The first kappa shape index (κ1) is 13.1. The Bertz CT molecular complexity index is 423. The summed E-state index contributed by atoms with van der Waals surface area (Å²) in [6, 6.07) is 8.81. The first-order chi connectivity index (χ1) is 9.19. The van der Waals surface area contributed by atoms with Crippen LogP contribution in [0.3, 0.4) is 0 Å². The average molecular weight is 261 g/mol. The van der Waals surface area contributed by atoms with Crippen LogP contribution in [0.4, 0.5) is 0 Å². The van der Waals surface area contributed by atoms with Gasteiger partial charge in [-0.25, -0.2) is 0 Å². The fourth-order valence-electron chi connectivity index (χ4n) is 3.24. The van der Waals surface area contributed by atoms with Gasteiger partial charge >= 0.3 is 0 Å². The van der Waals surface area contributed by atoms with Crippen LogP contribution in [0.1, 0.15) is 24.0 Å². The Labute approximate surface area is 115 Å². The van der Waals surface area contributed by atoms with E-state index in [0.717, 1.165) is 39.1 Å². The highest BCUT2D eigenvalue weighted by atomic mass is 16.5. The third-order valence-electron chi connectivity index (χ3n) is 4.33. The van der Waals surface area contributed by atoms with Crippen molar-refractivity contribution in [1.82, 2.24) is 4.90 Å². The van der Waals surface area contributed by atoms with Crippen molar-refractivity contribution in [2.45, 2.75) is 38.0 Å². The van der Waals surface area contributed by atoms with Crippen LogP contribution in [-0.4, -0.2) is 43.4 Å². The molecule has 1 aromatic rings. The molecule has 0 aliphatic carbocycles. The van der Waals surface area contributed by atoms with Gasteiger partial charge in [0.25, 0.3) is 0 Å². The summed E-state index contributed by atoms with van der Waals surface area (Å²) in [5, 5.41) is 0. The largest absolute Gasteiger partial charge is 0.381 e. The minimum Gasteiger partial charge on any atom is -0.381 e. The molecule has 2 saturated heterocycles. The number of rotatable bonds is 3. The zero-order chi connectivity index (χ0) is 13.3. The van der Waals surface area contributed by atoms with Crippen molar-refractivity contribution in [3.05, 3.63) is 35.4 Å². The van der Waals surface area contributed by atoms with Crippen molar-refractivity contribution in [2.24, 2.45) is 0 Å². The Kier molecular flexibility index (Phi) is 3.61. The lowest BCUT2D eigenvalue weighted by Gasteiger charge is -2.53. The third-order valence-corrected chi connectivity index (χ3v) is 4.33. The number of benzene rings is 1. The molecule has 1 unspecified atom stereocenters. The Morgan fingerprint density at radius 2 is 2.05 bits per heavy atom. The number of likely N-dealkylation sites (tertiary alicyclic amines) is 1. The molecule has 1 atom stereocenters. The van der Waals surface area contributed by atoms with Crippen LogP contribution in [0.15, 0.2) is 24.3 Å². The molecule has 2 aliphatic heterocycles. The molecular formula is C16H23NO2. The van der Waals surface area contributed by atoms with Gasteiger partial charge in [0, 0.05) is 39.8 Å². The fourth-order valence-corrected chi connectivity index (χ4v) is 3.24. The normalized spacial score (nSPS) is 26.3. The van der Waals surface area contributed by atoms with Crippen molar-refractivity contribution < 1.29 is 9.47 Å². The molecule has 19 heavy (non-hydrogen) atoms. The molecule has 3 rings (SSSR count). The number of methoxy groups -OCH3 is 1. The van der Waals surface area contributed by atoms with Gasteiger partial charge in [-0.05, 0) is 18.9 Å². The van der Waals surface area contributed by atoms with E-state index >= 15 is 0 Å². The van der Waals surface area contributed by atoms with Gasteiger partial charge in [0.1, 0.15) is 0 Å². The number of aryl methyl sites for hydroxylation is 1. The minimum atomic E-state index is 0.0730. The summed E-state index contributed by atoms with van der Waals surface area (Å²) in [6.45, 7) is 6.09. The highest BCUT2D eigenvalue weighted by Crippen LogP contribution is 2.35. The van der Waals surface area contributed by atoms with Crippen LogP contribution in [0.2, 0.25) is 0 Å². The minimum absolute atomic E-state index is 0.0730. The molecule has 3 heteroatoms. The Balaban J connectivity index is 1.53. The monoisotopic (exact) mass is 261 g/mol. The highest BCUT2D eigenvalue weighted by molar-refractivity contribution is 5.21. The third kappa shape index (κ3) is 2.83. The van der Waals surface area contributed by atoms with Crippen LogP contribution in [0, 0.1) is 6.92 Å². The van der Waals surface area contributed by atoms with Crippen LogP contribution in [0.25, 0.3) is 0 Å². The molecule has 2 heterocycles. The van der Waals surface area contributed by atoms with E-state index in [9.17, 15) is 0 Å². The second kappa shape index (κ2) is 5.23. The molecule has 0 aromatic heterocycles. The van der Waals surface area contributed by atoms with Crippen molar-refractivity contribution in [2.75, 3.05) is 26.8 Å². The van der Waals surface area contributed by atoms with Gasteiger partial charge in [0.15, 0.2) is 0 Å². The van der Waals surface area contributed by atoms with Gasteiger partial charge in [-0.15, -0.1) is 0 Å². The first-order valence-electron chi connectivity index (χ1n) is 7.14. The predicted molar refractivity (Wildman–Crippen MR) is 75.2 cm³/mol. The van der Waals surface area contributed by atoms with Gasteiger partial charge in [0.05, 0.1) is 11.7 Å². The van der Waals surface area contributed by atoms with Gasteiger partial charge in [-0.1, -0.05) is 29.8 Å². The molecule has 2 aliphatic rings. The summed E-state index contributed by atoms with van der Waals surface area (Å²) in [6.07, 6.45) is 2.47. The lowest BCUT2D eigenvalue weighted by Crippen LogP contribution is -2.65. The maximum absolute atomic E-state index is 6.00. The molecule has 0 amide bonds. The maximum Gasteiger partial charge on any atom is 0.0959 e. The molecule has 104 valence electrons. The average Bonchev–Trinajstić information content (AvgIpc) is 2.40. The smallest absolute Gasteiger partial charge is 0.0959 e. The SMILES string of the molecule is COC1CCOC2(C1)CN(Cc1ccc(C)cc1)C2. The van der Waals surface area contributed by atoms with Crippen molar-refractivity contribution in [3.63, 3.8) is 0 Å². The van der Waals surface area contributed by atoms with Crippen LogP contribution in [0.5, 0.6) is 0 Å². The van der Waals surface area contributed by atoms with E-state index in [2.05, 4.69) is 36.1 Å². The Morgan fingerprint density at radius 3 is 2.74 bits per heavy atom. The van der Waals surface area contributed by atoms with Crippen LogP contribution in [-0.2, 0) is 16.0 Å². The second-order valence-electron chi connectivity index (χ2n) is 6.01. The second-order valence-corrected chi connectivity index (χ2v) is 6.01. The molecule has 3 nitrogen and oxygen atoms in total. The molecular weight excluding hydrogens is 238 g/mol. The lowest BCUT2D eigenvalue weighted by molar-refractivity contribution is -0.195. The number of hydrogen-bond acceptors (Lipinski definition) is 3. The molecule has 2 fully saturated rings. The van der Waals surface area contributed by atoms with Crippen LogP contribution >= 0.6 is 0 Å². The molecule has 0 saturated carbocycles. The van der Waals surface area contributed by atoms with E-state index < -0.39 is 0 Å². The lowest BCUT2D eigenvalue weighted by atomic mass is 9.84.